The van der Waals surface area contributed by atoms with Crippen molar-refractivity contribution in [3.8, 4) is 11.5 Å². The van der Waals surface area contributed by atoms with Gasteiger partial charge in [0.05, 0.1) is 12.8 Å². The normalized spacial score (nSPS) is 15.7. The molecule has 4 rings (SSSR count). The molecule has 1 heterocycles. The predicted octanol–water partition coefficient (Wildman–Crippen LogP) is 5.94. The summed E-state index contributed by atoms with van der Waals surface area (Å²) in [5.74, 6) is 1.05. The summed E-state index contributed by atoms with van der Waals surface area (Å²) in [6, 6.07) is 21.6. The number of amidine groups is 1. The van der Waals surface area contributed by atoms with Crippen LogP contribution in [0.1, 0.15) is 45.0 Å². The number of hydrogen-bond donors (Lipinski definition) is 0. The van der Waals surface area contributed by atoms with Gasteiger partial charge < -0.3 is 14.4 Å². The smallest absolute Gasteiger partial charge is 0.196 e. The maximum absolute atomic E-state index is 13.4. The summed E-state index contributed by atoms with van der Waals surface area (Å²) in [4.78, 5) is 14.7. The van der Waals surface area contributed by atoms with E-state index in [1.165, 1.54) is 19.1 Å². The first-order valence-corrected chi connectivity index (χ1v) is 11.5. The molecule has 35 heavy (non-hydrogen) atoms. The molecule has 3 aromatic rings. The molecule has 0 saturated heterocycles. The highest BCUT2D eigenvalue weighted by Crippen LogP contribution is 2.45. The minimum absolute atomic E-state index is 0.125. The second-order valence-electron chi connectivity index (χ2n) is 9.37. The van der Waals surface area contributed by atoms with Gasteiger partial charge in [0.1, 0.15) is 12.4 Å². The molecule has 0 aliphatic carbocycles. The number of ketones is 1. The third-order valence-corrected chi connectivity index (χ3v) is 5.77. The van der Waals surface area contributed by atoms with E-state index in [9.17, 15) is 9.18 Å². The van der Waals surface area contributed by atoms with Crippen molar-refractivity contribution in [3.05, 3.63) is 89.7 Å². The van der Waals surface area contributed by atoms with Crippen molar-refractivity contribution < 1.29 is 18.7 Å². The van der Waals surface area contributed by atoms with Crippen LogP contribution in [0.3, 0.4) is 0 Å². The van der Waals surface area contributed by atoms with E-state index < -0.39 is 11.7 Å². The Morgan fingerprint density at radius 2 is 1.69 bits per heavy atom. The van der Waals surface area contributed by atoms with Gasteiger partial charge in [0.2, 0.25) is 0 Å². The van der Waals surface area contributed by atoms with Crippen molar-refractivity contribution in [2.24, 2.45) is 5.10 Å². The molecule has 6 nitrogen and oxygen atoms in total. The van der Waals surface area contributed by atoms with E-state index >= 15 is 0 Å². The van der Waals surface area contributed by atoms with Gasteiger partial charge in [-0.1, -0.05) is 42.5 Å². The van der Waals surface area contributed by atoms with E-state index in [4.69, 9.17) is 14.6 Å². The van der Waals surface area contributed by atoms with Gasteiger partial charge in [-0.15, -0.1) is 5.10 Å². The maximum atomic E-state index is 13.4. The number of methoxy groups -OCH3 is 1. The second kappa shape index (κ2) is 9.78. The van der Waals surface area contributed by atoms with Crippen LogP contribution < -0.4 is 14.5 Å². The molecule has 1 atom stereocenters. The number of anilines is 1. The van der Waals surface area contributed by atoms with Gasteiger partial charge >= 0.3 is 0 Å². The lowest BCUT2D eigenvalue weighted by atomic mass is 10.00. The Morgan fingerprint density at radius 1 is 1.00 bits per heavy atom. The largest absolute Gasteiger partial charge is 0.493 e. The summed E-state index contributed by atoms with van der Waals surface area (Å²) in [6.07, 6.45) is -0.463. The molecule has 0 amide bonds. The number of rotatable bonds is 7. The Balaban J connectivity index is 1.84. The first-order chi connectivity index (χ1) is 16.7. The molecule has 3 aromatic carbocycles. The number of halogens is 1. The standard InChI is InChI=1S/C28H30FN3O3/c1-19(33)26-30-32(22-10-7-6-8-11-22)27(31(26)28(2,3)4)23-12-9-13-24(34-5)25(23)35-18-20-14-16-21(29)17-15-20/h6-17,27H,18H2,1-5H3/t27-/m0/s1. The summed E-state index contributed by atoms with van der Waals surface area (Å²) < 4.78 is 25.4. The Kier molecular flexibility index (Phi) is 6.78. The molecule has 0 saturated carbocycles. The van der Waals surface area contributed by atoms with Crippen molar-refractivity contribution in [2.45, 2.75) is 46.0 Å². The zero-order valence-electron chi connectivity index (χ0n) is 20.7. The first-order valence-electron chi connectivity index (χ1n) is 11.5. The molecule has 182 valence electrons. The highest BCUT2D eigenvalue weighted by atomic mass is 19.1. The summed E-state index contributed by atoms with van der Waals surface area (Å²) in [5.41, 5.74) is 2.03. The fourth-order valence-corrected chi connectivity index (χ4v) is 4.19. The molecule has 0 spiro atoms. The van der Waals surface area contributed by atoms with Gasteiger partial charge in [-0.05, 0) is 56.7 Å². The lowest BCUT2D eigenvalue weighted by Gasteiger charge is -2.41. The quantitative estimate of drug-likeness (QED) is 0.424. The Labute approximate surface area is 205 Å². The zero-order valence-corrected chi connectivity index (χ0v) is 20.7. The minimum atomic E-state index is -0.463. The van der Waals surface area contributed by atoms with Gasteiger partial charge in [0, 0.05) is 18.0 Å². The topological polar surface area (TPSA) is 54.4 Å². The van der Waals surface area contributed by atoms with Crippen LogP contribution in [0.2, 0.25) is 0 Å². The zero-order chi connectivity index (χ0) is 25.2. The van der Waals surface area contributed by atoms with Crippen LogP contribution in [-0.4, -0.2) is 29.2 Å². The van der Waals surface area contributed by atoms with Gasteiger partial charge in [0.25, 0.3) is 0 Å². The van der Waals surface area contributed by atoms with Gasteiger partial charge in [0.15, 0.2) is 29.3 Å². The lowest BCUT2D eigenvalue weighted by molar-refractivity contribution is -0.112. The third-order valence-electron chi connectivity index (χ3n) is 5.77. The summed E-state index contributed by atoms with van der Waals surface area (Å²) >= 11 is 0. The van der Waals surface area contributed by atoms with Crippen molar-refractivity contribution in [2.75, 3.05) is 12.1 Å². The fraction of sp³-hybridized carbons (Fsp3) is 0.286. The van der Waals surface area contributed by atoms with Crippen molar-refractivity contribution >= 4 is 17.3 Å². The molecule has 0 radical (unpaired) electrons. The van der Waals surface area contributed by atoms with Crippen LogP contribution in [-0.2, 0) is 11.4 Å². The van der Waals surface area contributed by atoms with E-state index in [1.807, 2.05) is 79.2 Å². The number of Topliss-reactive ketones (excluding diaryl/α,β-unsaturated/α-hetero) is 1. The number of carbonyl (C=O) groups is 1. The van der Waals surface area contributed by atoms with E-state index in [2.05, 4.69) is 0 Å². The van der Waals surface area contributed by atoms with E-state index in [0.29, 0.717) is 17.3 Å². The molecule has 0 bridgehead atoms. The van der Waals surface area contributed by atoms with E-state index in [1.54, 1.807) is 19.2 Å². The molecule has 0 aromatic heterocycles. The number of hydrogen-bond acceptors (Lipinski definition) is 6. The molecule has 1 aliphatic heterocycles. The number of hydrazone groups is 1. The summed E-state index contributed by atoms with van der Waals surface area (Å²) in [6.45, 7) is 7.90. The molecule has 0 unspecified atom stereocenters. The average molecular weight is 476 g/mol. The van der Waals surface area contributed by atoms with Crippen LogP contribution in [0.5, 0.6) is 11.5 Å². The predicted molar refractivity (Wildman–Crippen MR) is 135 cm³/mol. The van der Waals surface area contributed by atoms with E-state index in [0.717, 1.165) is 16.8 Å². The number of benzene rings is 3. The van der Waals surface area contributed by atoms with Gasteiger partial charge in [-0.3, -0.25) is 4.79 Å². The summed E-state index contributed by atoms with van der Waals surface area (Å²) in [5, 5.41) is 6.63. The highest BCUT2D eigenvalue weighted by molar-refractivity contribution is 6.38. The molecule has 0 fully saturated rings. The monoisotopic (exact) mass is 475 g/mol. The third kappa shape index (κ3) is 4.99. The Morgan fingerprint density at radius 3 is 2.29 bits per heavy atom. The molecular formula is C28H30FN3O3. The lowest BCUT2D eigenvalue weighted by Crippen LogP contribution is -2.49. The number of nitrogens with zero attached hydrogens (tertiary/aromatic N) is 3. The van der Waals surface area contributed by atoms with Crippen molar-refractivity contribution in [3.63, 3.8) is 0 Å². The second-order valence-corrected chi connectivity index (χ2v) is 9.37. The number of carbonyl (C=O) groups excluding carboxylic acids is 1. The number of ether oxygens (including phenoxy) is 2. The minimum Gasteiger partial charge on any atom is -0.493 e. The van der Waals surface area contributed by atoms with Crippen molar-refractivity contribution in [1.82, 2.24) is 4.90 Å². The highest BCUT2D eigenvalue weighted by Gasteiger charge is 2.45. The molecule has 7 heteroatoms. The van der Waals surface area contributed by atoms with Crippen LogP contribution in [0.15, 0.2) is 77.9 Å². The SMILES string of the molecule is COc1cccc([C@@H]2N(c3ccccc3)N=C(C(C)=O)N2C(C)(C)C)c1OCc1ccc(F)cc1. The molecule has 1 aliphatic rings. The fourth-order valence-electron chi connectivity index (χ4n) is 4.19. The van der Waals surface area contributed by atoms with Crippen LogP contribution >= 0.6 is 0 Å². The van der Waals surface area contributed by atoms with E-state index in [-0.39, 0.29) is 18.2 Å². The van der Waals surface area contributed by atoms with Crippen LogP contribution in [0.25, 0.3) is 0 Å². The maximum Gasteiger partial charge on any atom is 0.196 e. The number of para-hydroxylation sites is 2. The first kappa shape index (κ1) is 24.3. The van der Waals surface area contributed by atoms with Crippen LogP contribution in [0, 0.1) is 5.82 Å². The summed E-state index contributed by atoms with van der Waals surface area (Å²) in [7, 11) is 1.59. The van der Waals surface area contributed by atoms with Crippen LogP contribution in [0.4, 0.5) is 10.1 Å². The Bertz CT molecular complexity index is 1220. The van der Waals surface area contributed by atoms with Gasteiger partial charge in [-0.2, -0.15) is 0 Å². The Hall–Kier alpha value is -3.87. The average Bonchev–Trinajstić information content (AvgIpc) is 3.26. The van der Waals surface area contributed by atoms with Gasteiger partial charge in [-0.25, -0.2) is 9.40 Å². The molecule has 0 N–H and O–H groups in total. The molecular weight excluding hydrogens is 445 g/mol. The van der Waals surface area contributed by atoms with Crippen molar-refractivity contribution in [1.29, 1.82) is 0 Å².